The van der Waals surface area contributed by atoms with Crippen LogP contribution in [0.4, 0.5) is 24.5 Å². The summed E-state index contributed by atoms with van der Waals surface area (Å²) in [5, 5.41) is 23.7. The van der Waals surface area contributed by atoms with Crippen molar-refractivity contribution in [3.8, 4) is 17.3 Å². The molecule has 11 nitrogen and oxygen atoms in total. The standard InChI is InChI=1S/C32H35F2N7O4S/c1-31(2,3)45-30(42)39-28-17(9-35)23-26(36-11-21(33)27(23)46-28)22-20-14-44-13-19(20)18-10-37-29(38-25(18)24(22)34)41-8-7-16(12-41)40(6)15-32(4,5)43/h10-11,16,43H,7-8,12-15H2,1-6H3,(H,39,42)/t16-/m0/s1. The topological polar surface area (TPSA) is 137 Å². The largest absolute Gasteiger partial charge is 0.444 e. The van der Waals surface area contributed by atoms with Gasteiger partial charge in [-0.1, -0.05) is 0 Å². The van der Waals surface area contributed by atoms with Gasteiger partial charge in [0, 0.05) is 48.2 Å². The lowest BCUT2D eigenvalue weighted by Gasteiger charge is -2.30. The van der Waals surface area contributed by atoms with Crippen LogP contribution in [0.2, 0.25) is 0 Å². The van der Waals surface area contributed by atoms with Crippen LogP contribution in [-0.2, 0) is 22.7 Å². The maximum atomic E-state index is 16.8. The Morgan fingerprint density at radius 3 is 2.67 bits per heavy atom. The number of ether oxygens (including phenoxy) is 2. The SMILES string of the molecule is CN(CC(C)(C)O)[C@H]1CCN(c2ncc3c4c(c(-c5ncc(F)c6sc(NC(=O)OC(C)(C)C)c(C#N)c56)c(F)c3n2)COC4)C1. The molecule has 0 saturated carbocycles. The van der Waals surface area contributed by atoms with Crippen LogP contribution in [-0.4, -0.2) is 75.0 Å². The third-order valence-corrected chi connectivity index (χ3v) is 9.14. The summed E-state index contributed by atoms with van der Waals surface area (Å²) in [5.41, 5.74) is -0.295. The Labute approximate surface area is 268 Å². The summed E-state index contributed by atoms with van der Waals surface area (Å²) in [6.45, 7) is 10.7. The number of halogens is 2. The number of aliphatic hydroxyl groups is 1. The van der Waals surface area contributed by atoms with Gasteiger partial charge in [-0.25, -0.2) is 23.5 Å². The summed E-state index contributed by atoms with van der Waals surface area (Å²) in [6, 6.07) is 2.21. The minimum atomic E-state index is -0.843. The molecule has 0 bridgehead atoms. The molecule has 2 aliphatic heterocycles. The second-order valence-electron chi connectivity index (χ2n) is 13.4. The lowest BCUT2D eigenvalue weighted by molar-refractivity contribution is 0.0340. The molecular formula is C32H35F2N7O4S. The second-order valence-corrected chi connectivity index (χ2v) is 14.4. The van der Waals surface area contributed by atoms with E-state index in [0.717, 1.165) is 24.0 Å². The van der Waals surface area contributed by atoms with Gasteiger partial charge in [0.25, 0.3) is 0 Å². The van der Waals surface area contributed by atoms with E-state index in [1.54, 1.807) is 40.8 Å². The van der Waals surface area contributed by atoms with Crippen LogP contribution in [0, 0.1) is 23.0 Å². The first-order valence-corrected chi connectivity index (χ1v) is 15.7. The molecule has 3 aromatic heterocycles. The van der Waals surface area contributed by atoms with Crippen LogP contribution in [0.5, 0.6) is 0 Å². The number of aromatic nitrogens is 3. The smallest absolute Gasteiger partial charge is 0.412 e. The van der Waals surface area contributed by atoms with Gasteiger partial charge in [-0.3, -0.25) is 15.2 Å². The molecule has 242 valence electrons. The minimum absolute atomic E-state index is 0.0430. The van der Waals surface area contributed by atoms with Crippen molar-refractivity contribution in [3.63, 3.8) is 0 Å². The lowest BCUT2D eigenvalue weighted by atomic mass is 9.94. The number of nitriles is 1. The van der Waals surface area contributed by atoms with Crippen molar-refractivity contribution >= 4 is 49.4 Å². The average molecular weight is 652 g/mol. The number of thiophene rings is 1. The minimum Gasteiger partial charge on any atom is -0.444 e. The Kier molecular flexibility index (Phi) is 8.08. The molecule has 46 heavy (non-hydrogen) atoms. The van der Waals surface area contributed by atoms with Gasteiger partial charge in [-0.2, -0.15) is 5.26 Å². The van der Waals surface area contributed by atoms with Crippen molar-refractivity contribution in [2.24, 2.45) is 0 Å². The van der Waals surface area contributed by atoms with Gasteiger partial charge < -0.3 is 19.5 Å². The predicted molar refractivity (Wildman–Crippen MR) is 171 cm³/mol. The highest BCUT2D eigenvalue weighted by Crippen LogP contribution is 2.46. The van der Waals surface area contributed by atoms with Crippen LogP contribution in [0.25, 0.3) is 32.2 Å². The maximum Gasteiger partial charge on any atom is 0.412 e. The number of amides is 1. The molecule has 4 aromatic rings. The van der Waals surface area contributed by atoms with Crippen molar-refractivity contribution in [1.82, 2.24) is 19.9 Å². The number of pyridine rings is 1. The molecule has 0 spiro atoms. The van der Waals surface area contributed by atoms with Crippen molar-refractivity contribution in [1.29, 1.82) is 5.26 Å². The zero-order valence-corrected chi connectivity index (χ0v) is 27.3. The normalized spacial score (nSPS) is 16.8. The lowest BCUT2D eigenvalue weighted by Crippen LogP contribution is -2.43. The number of rotatable bonds is 6. The highest BCUT2D eigenvalue weighted by Gasteiger charge is 2.33. The molecule has 2 N–H and O–H groups in total. The fraction of sp³-hybridized carbons (Fsp3) is 0.469. The molecule has 0 unspecified atom stereocenters. The van der Waals surface area contributed by atoms with E-state index in [4.69, 9.17) is 9.47 Å². The van der Waals surface area contributed by atoms with Gasteiger partial charge in [0.15, 0.2) is 11.6 Å². The number of likely N-dealkylation sites (N-methyl/N-ethyl adjacent to an activating group) is 1. The van der Waals surface area contributed by atoms with Crippen LogP contribution < -0.4 is 10.2 Å². The monoisotopic (exact) mass is 651 g/mol. The van der Waals surface area contributed by atoms with Crippen molar-refractivity contribution < 1.29 is 28.2 Å². The first kappa shape index (κ1) is 31.9. The Morgan fingerprint density at radius 1 is 1.24 bits per heavy atom. The van der Waals surface area contributed by atoms with E-state index in [9.17, 15) is 15.2 Å². The van der Waals surface area contributed by atoms with Crippen molar-refractivity contribution in [2.75, 3.05) is 36.9 Å². The van der Waals surface area contributed by atoms with Crippen LogP contribution in [0.3, 0.4) is 0 Å². The zero-order valence-electron chi connectivity index (χ0n) is 26.5. The summed E-state index contributed by atoms with van der Waals surface area (Å²) >= 11 is 0.851. The number of carbonyl (C=O) groups is 1. The van der Waals surface area contributed by atoms with E-state index in [1.165, 1.54) is 0 Å². The molecule has 1 atom stereocenters. The number of hydrogen-bond donors (Lipinski definition) is 2. The Balaban J connectivity index is 1.45. The van der Waals surface area contributed by atoms with E-state index >= 15 is 8.78 Å². The van der Waals surface area contributed by atoms with E-state index < -0.39 is 28.9 Å². The number of benzene rings is 1. The predicted octanol–water partition coefficient (Wildman–Crippen LogP) is 5.71. The molecular weight excluding hydrogens is 616 g/mol. The van der Waals surface area contributed by atoms with E-state index in [2.05, 4.69) is 25.2 Å². The summed E-state index contributed by atoms with van der Waals surface area (Å²) in [7, 11) is 1.97. The van der Waals surface area contributed by atoms with Gasteiger partial charge >= 0.3 is 6.09 Å². The van der Waals surface area contributed by atoms with Crippen LogP contribution in [0.1, 0.15) is 57.7 Å². The van der Waals surface area contributed by atoms with Gasteiger partial charge in [0.1, 0.15) is 22.2 Å². The number of nitrogens with zero attached hydrogens (tertiary/aromatic N) is 6. The third-order valence-electron chi connectivity index (χ3n) is 8.03. The second kappa shape index (κ2) is 11.6. The maximum absolute atomic E-state index is 16.8. The number of fused-ring (bicyclic) bond motifs is 4. The highest BCUT2D eigenvalue weighted by atomic mass is 32.1. The summed E-state index contributed by atoms with van der Waals surface area (Å²) in [5.74, 6) is -1.03. The molecule has 1 saturated heterocycles. The summed E-state index contributed by atoms with van der Waals surface area (Å²) in [6.07, 6.45) is 2.61. The molecule has 1 aromatic carbocycles. The van der Waals surface area contributed by atoms with Gasteiger partial charge in [0.05, 0.1) is 41.0 Å². The van der Waals surface area contributed by atoms with Gasteiger partial charge in [-0.05, 0) is 59.2 Å². The number of anilines is 2. The van der Waals surface area contributed by atoms with Crippen LogP contribution in [0.15, 0.2) is 12.4 Å². The van der Waals surface area contributed by atoms with Crippen molar-refractivity contribution in [2.45, 2.75) is 71.5 Å². The Morgan fingerprint density at radius 2 is 1.98 bits per heavy atom. The quantitative estimate of drug-likeness (QED) is 0.267. The molecule has 14 heteroatoms. The first-order chi connectivity index (χ1) is 21.6. The van der Waals surface area contributed by atoms with E-state index in [1.807, 2.05) is 18.0 Å². The molecule has 2 aliphatic rings. The zero-order chi connectivity index (χ0) is 33.1. The van der Waals surface area contributed by atoms with E-state index in [-0.39, 0.29) is 56.7 Å². The molecule has 1 amide bonds. The van der Waals surface area contributed by atoms with Gasteiger partial charge in [0.2, 0.25) is 5.95 Å². The summed E-state index contributed by atoms with van der Waals surface area (Å²) < 4.78 is 43.1. The third kappa shape index (κ3) is 5.95. The molecule has 0 aliphatic carbocycles. The van der Waals surface area contributed by atoms with Crippen molar-refractivity contribution in [3.05, 3.63) is 40.7 Å². The Hall–Kier alpha value is -4.03. The average Bonchev–Trinajstić information content (AvgIpc) is 3.71. The number of nitrogens with one attached hydrogen (secondary N) is 1. The van der Waals surface area contributed by atoms with Gasteiger partial charge in [-0.15, -0.1) is 11.3 Å². The van der Waals surface area contributed by atoms with E-state index in [0.29, 0.717) is 42.1 Å². The Bertz CT molecular complexity index is 1910. The summed E-state index contributed by atoms with van der Waals surface area (Å²) in [4.78, 5) is 30.2. The number of carbonyl (C=O) groups excluding carboxylic acids is 1. The van der Waals surface area contributed by atoms with Crippen LogP contribution >= 0.6 is 11.3 Å². The molecule has 6 rings (SSSR count). The fourth-order valence-corrected chi connectivity index (χ4v) is 7.22. The molecule has 0 radical (unpaired) electrons. The molecule has 1 fully saturated rings. The molecule has 5 heterocycles. The number of hydrogen-bond acceptors (Lipinski definition) is 11. The highest BCUT2D eigenvalue weighted by molar-refractivity contribution is 7.23. The first-order valence-electron chi connectivity index (χ1n) is 14.9. The fourth-order valence-electron chi connectivity index (χ4n) is 6.18.